The number of carbonyl (C=O) groups excluding carboxylic acids is 3. The van der Waals surface area contributed by atoms with Gasteiger partial charge in [-0.3, -0.25) is 9.69 Å². The van der Waals surface area contributed by atoms with E-state index in [1.807, 2.05) is 0 Å². The van der Waals surface area contributed by atoms with Crippen molar-refractivity contribution < 1.29 is 58.5 Å². The Labute approximate surface area is 135 Å². The first-order valence-corrected chi connectivity index (χ1v) is 6.05. The molecular formula is C10H10NNaO6S. The van der Waals surface area contributed by atoms with Crippen LogP contribution in [0.15, 0.2) is 11.1 Å². The number of ether oxygens (including phenoxy) is 2. The summed E-state index contributed by atoms with van der Waals surface area (Å²) in [5.74, 6) is -2.82. The van der Waals surface area contributed by atoms with Gasteiger partial charge in [-0.25, -0.2) is 4.79 Å². The first kappa shape index (κ1) is 16.5. The second-order valence-electron chi connectivity index (χ2n) is 3.75. The zero-order valence-electron chi connectivity index (χ0n) is 10.5. The summed E-state index contributed by atoms with van der Waals surface area (Å²) in [4.78, 5) is 34.6. The normalized spacial score (nSPS) is 23.9. The molecule has 1 amide bonds. The van der Waals surface area contributed by atoms with Crippen LogP contribution in [0.4, 0.5) is 0 Å². The standard InChI is InChI=1S/C10H11NO6S.Na/c1-16-3-7(12)17-2-5-8(13)11-6(10(14)15)4-18-9(5)11;/h4-5,9H,2-3H2,1H3,(H,14,15);/q;+1/p-1/t5?,9-;/m0./s1. The summed E-state index contributed by atoms with van der Waals surface area (Å²) < 4.78 is 9.43. The molecule has 2 atom stereocenters. The second kappa shape index (κ2) is 6.76. The fraction of sp³-hybridized carbons (Fsp3) is 0.500. The van der Waals surface area contributed by atoms with Crippen LogP contribution in [0.1, 0.15) is 0 Å². The molecule has 0 radical (unpaired) electrons. The van der Waals surface area contributed by atoms with E-state index < -0.39 is 17.9 Å². The first-order valence-electron chi connectivity index (χ1n) is 5.11. The van der Waals surface area contributed by atoms with Crippen molar-refractivity contribution in [2.45, 2.75) is 5.37 Å². The largest absolute Gasteiger partial charge is 1.00 e. The van der Waals surface area contributed by atoms with Crippen molar-refractivity contribution in [2.24, 2.45) is 5.92 Å². The van der Waals surface area contributed by atoms with Crippen molar-refractivity contribution in [3.63, 3.8) is 0 Å². The molecule has 1 saturated heterocycles. The average Bonchev–Trinajstić information content (AvgIpc) is 2.69. The molecule has 98 valence electrons. The van der Waals surface area contributed by atoms with Crippen LogP contribution < -0.4 is 34.7 Å². The van der Waals surface area contributed by atoms with Crippen LogP contribution in [0.3, 0.4) is 0 Å². The van der Waals surface area contributed by atoms with Gasteiger partial charge in [-0.1, -0.05) is 0 Å². The smallest absolute Gasteiger partial charge is 0.543 e. The number of β-lactam (4-membered cyclic amide) rings is 1. The minimum atomic E-state index is -1.38. The van der Waals surface area contributed by atoms with E-state index in [1.165, 1.54) is 24.3 Å². The molecule has 0 saturated carbocycles. The van der Waals surface area contributed by atoms with Crippen molar-refractivity contribution in [3.05, 3.63) is 11.1 Å². The molecule has 19 heavy (non-hydrogen) atoms. The van der Waals surface area contributed by atoms with Gasteiger partial charge in [0.15, 0.2) is 0 Å². The van der Waals surface area contributed by atoms with Crippen molar-refractivity contribution in [3.8, 4) is 0 Å². The summed E-state index contributed by atoms with van der Waals surface area (Å²) in [5.41, 5.74) is -0.130. The van der Waals surface area contributed by atoms with E-state index >= 15 is 0 Å². The molecule has 2 rings (SSSR count). The molecule has 0 bridgehead atoms. The van der Waals surface area contributed by atoms with Gasteiger partial charge in [0.05, 0.1) is 11.7 Å². The summed E-state index contributed by atoms with van der Waals surface area (Å²) in [6, 6.07) is 0. The summed E-state index contributed by atoms with van der Waals surface area (Å²) in [6.07, 6.45) is 0. The van der Waals surface area contributed by atoms with Crippen molar-refractivity contribution >= 4 is 29.6 Å². The van der Waals surface area contributed by atoms with Crippen molar-refractivity contribution in [1.29, 1.82) is 0 Å². The third-order valence-corrected chi connectivity index (χ3v) is 3.80. The van der Waals surface area contributed by atoms with E-state index in [2.05, 4.69) is 4.74 Å². The van der Waals surface area contributed by atoms with Gasteiger partial charge in [-0.2, -0.15) is 0 Å². The number of methoxy groups -OCH3 is 1. The summed E-state index contributed by atoms with van der Waals surface area (Å²) >= 11 is 1.21. The van der Waals surface area contributed by atoms with Crippen LogP contribution in [0.5, 0.6) is 0 Å². The Morgan fingerprint density at radius 1 is 1.53 bits per heavy atom. The molecule has 0 spiro atoms. The van der Waals surface area contributed by atoms with Gasteiger partial charge in [-0.05, 0) is 5.41 Å². The number of carboxylic acids is 1. The summed E-state index contributed by atoms with van der Waals surface area (Å²) in [5, 5.41) is 11.8. The number of esters is 1. The summed E-state index contributed by atoms with van der Waals surface area (Å²) in [7, 11) is 1.36. The predicted octanol–water partition coefficient (Wildman–Crippen LogP) is -4.70. The fourth-order valence-electron chi connectivity index (χ4n) is 1.77. The molecule has 2 aliphatic rings. The molecule has 2 heterocycles. The minimum Gasteiger partial charge on any atom is -0.543 e. The Bertz CT molecular complexity index is 440. The average molecular weight is 295 g/mol. The number of hydrogen-bond donors (Lipinski definition) is 0. The molecule has 7 nitrogen and oxygen atoms in total. The number of carboxylic acid groups (broad SMARTS) is 1. The van der Waals surface area contributed by atoms with Crippen LogP contribution in [-0.2, 0) is 23.9 Å². The zero-order valence-corrected chi connectivity index (χ0v) is 13.3. The van der Waals surface area contributed by atoms with Gasteiger partial charge in [0, 0.05) is 7.11 Å². The Morgan fingerprint density at radius 3 is 2.79 bits per heavy atom. The van der Waals surface area contributed by atoms with Crippen LogP contribution in [-0.4, -0.2) is 48.4 Å². The van der Waals surface area contributed by atoms with Crippen LogP contribution in [0, 0.1) is 5.92 Å². The second-order valence-corrected chi connectivity index (χ2v) is 4.74. The number of nitrogens with zero attached hydrogens (tertiary/aromatic N) is 1. The molecule has 9 heteroatoms. The van der Waals surface area contributed by atoms with Crippen LogP contribution in [0.2, 0.25) is 0 Å². The van der Waals surface area contributed by atoms with Crippen molar-refractivity contribution in [2.75, 3.05) is 20.3 Å². The maximum Gasteiger partial charge on any atom is 1.00 e. The SMILES string of the molecule is COCC(=O)OCC1C(=O)N2C(C(=O)[O-])=CS[C@@H]12.[Na+]. The Morgan fingerprint density at radius 2 is 2.21 bits per heavy atom. The van der Waals surface area contributed by atoms with E-state index in [1.54, 1.807) is 0 Å². The maximum absolute atomic E-state index is 11.7. The van der Waals surface area contributed by atoms with E-state index in [-0.39, 0.29) is 59.7 Å². The minimum absolute atomic E-state index is 0. The van der Waals surface area contributed by atoms with Crippen LogP contribution >= 0.6 is 11.8 Å². The first-order chi connectivity index (χ1) is 8.56. The van der Waals surface area contributed by atoms with Gasteiger partial charge in [0.1, 0.15) is 24.5 Å². The van der Waals surface area contributed by atoms with Crippen molar-refractivity contribution in [1.82, 2.24) is 4.90 Å². The molecule has 0 N–H and O–H groups in total. The van der Waals surface area contributed by atoms with E-state index in [4.69, 9.17) is 4.74 Å². The van der Waals surface area contributed by atoms with E-state index in [0.717, 1.165) is 4.90 Å². The van der Waals surface area contributed by atoms with Gasteiger partial charge >= 0.3 is 35.5 Å². The predicted molar refractivity (Wildman–Crippen MR) is 57.6 cm³/mol. The number of aliphatic carboxylic acids is 1. The number of thioether (sulfide) groups is 1. The Balaban J connectivity index is 0.00000180. The molecule has 0 aliphatic carbocycles. The van der Waals surface area contributed by atoms with Gasteiger partial charge in [0.2, 0.25) is 5.91 Å². The summed E-state index contributed by atoms with van der Waals surface area (Å²) in [6.45, 7) is -0.242. The van der Waals surface area contributed by atoms with Crippen LogP contribution in [0.25, 0.3) is 0 Å². The third-order valence-electron chi connectivity index (χ3n) is 2.63. The zero-order chi connectivity index (χ0) is 13.3. The number of hydrogen-bond acceptors (Lipinski definition) is 7. The van der Waals surface area contributed by atoms with Gasteiger partial charge in [0.25, 0.3) is 0 Å². The number of rotatable bonds is 5. The quantitative estimate of drug-likeness (QED) is 0.286. The molecule has 0 aromatic heterocycles. The van der Waals surface area contributed by atoms with E-state index in [0.29, 0.717) is 0 Å². The molecule has 1 unspecified atom stereocenters. The number of fused-ring (bicyclic) bond motifs is 1. The number of carbonyl (C=O) groups is 3. The molecule has 0 aromatic carbocycles. The Kier molecular flexibility index (Phi) is 5.87. The number of amides is 1. The topological polar surface area (TPSA) is 96.0 Å². The molecular weight excluding hydrogens is 285 g/mol. The molecule has 0 aromatic rings. The monoisotopic (exact) mass is 295 g/mol. The van der Waals surface area contributed by atoms with E-state index in [9.17, 15) is 19.5 Å². The van der Waals surface area contributed by atoms with Gasteiger partial charge in [-0.15, -0.1) is 11.8 Å². The van der Waals surface area contributed by atoms with Gasteiger partial charge < -0.3 is 19.4 Å². The molecule has 1 fully saturated rings. The fourth-order valence-corrected chi connectivity index (χ4v) is 2.97. The maximum atomic E-state index is 11.7. The Hall–Kier alpha value is -0.540. The molecule has 2 aliphatic heterocycles. The third kappa shape index (κ3) is 3.14.